The van der Waals surface area contributed by atoms with Gasteiger partial charge in [0.2, 0.25) is 5.84 Å². The average molecular weight is 265 g/mol. The molecule has 3 nitrogen and oxygen atoms in total. The van der Waals surface area contributed by atoms with Crippen molar-refractivity contribution in [2.75, 3.05) is 0 Å². The van der Waals surface area contributed by atoms with Crippen molar-refractivity contribution in [1.29, 1.82) is 0 Å². The van der Waals surface area contributed by atoms with Gasteiger partial charge in [0.15, 0.2) is 0 Å². The summed E-state index contributed by atoms with van der Waals surface area (Å²) in [5, 5.41) is 10.5. The van der Waals surface area contributed by atoms with Gasteiger partial charge in [-0.05, 0) is 12.1 Å². The number of hydrogen-bond donors (Lipinski definition) is 2. The van der Waals surface area contributed by atoms with Crippen LogP contribution in [0.3, 0.4) is 0 Å². The minimum Gasteiger partial charge on any atom is -0.409 e. The zero-order valence-electron chi connectivity index (χ0n) is 6.92. The van der Waals surface area contributed by atoms with E-state index in [0.29, 0.717) is 4.47 Å². The monoisotopic (exact) mass is 264 g/mol. The summed E-state index contributed by atoms with van der Waals surface area (Å²) in [5.41, 5.74) is 4.54. The molecule has 0 amide bonds. The van der Waals surface area contributed by atoms with E-state index >= 15 is 0 Å². The van der Waals surface area contributed by atoms with Gasteiger partial charge in [0.25, 0.3) is 0 Å². The summed E-state index contributed by atoms with van der Waals surface area (Å²) < 4.78 is 27.2. The van der Waals surface area contributed by atoms with Crippen LogP contribution in [0.4, 0.5) is 8.78 Å². The second kappa shape index (κ2) is 3.91. The Morgan fingerprint density at radius 2 is 1.86 bits per heavy atom. The number of nitrogens with two attached hydrogens (primary N) is 1. The van der Waals surface area contributed by atoms with Crippen LogP contribution in [-0.2, 0) is 5.92 Å². The van der Waals surface area contributed by atoms with Crippen molar-refractivity contribution in [1.82, 2.24) is 0 Å². The summed E-state index contributed by atoms with van der Waals surface area (Å²) in [7, 11) is 0. The van der Waals surface area contributed by atoms with Crippen LogP contribution in [0.1, 0.15) is 5.56 Å². The summed E-state index contributed by atoms with van der Waals surface area (Å²) in [6.45, 7) is 0. The molecule has 76 valence electrons. The second-order valence-corrected chi connectivity index (χ2v) is 3.48. The van der Waals surface area contributed by atoms with Crippen LogP contribution in [0.15, 0.2) is 33.9 Å². The maximum Gasteiger partial charge on any atom is 0.332 e. The van der Waals surface area contributed by atoms with Crippen molar-refractivity contribution in [3.05, 3.63) is 34.3 Å². The fourth-order valence-corrected chi connectivity index (χ4v) is 1.13. The van der Waals surface area contributed by atoms with E-state index in [1.807, 2.05) is 0 Å². The highest BCUT2D eigenvalue weighted by atomic mass is 79.9. The highest BCUT2D eigenvalue weighted by Gasteiger charge is 2.37. The third-order valence-corrected chi connectivity index (χ3v) is 2.16. The number of oxime groups is 1. The van der Waals surface area contributed by atoms with E-state index in [2.05, 4.69) is 21.1 Å². The number of rotatable bonds is 2. The molecule has 0 saturated carbocycles. The van der Waals surface area contributed by atoms with Gasteiger partial charge in [0, 0.05) is 10.0 Å². The van der Waals surface area contributed by atoms with Gasteiger partial charge in [-0.1, -0.05) is 33.2 Å². The normalized spacial score (nSPS) is 12.9. The Bertz CT molecular complexity index is 351. The van der Waals surface area contributed by atoms with E-state index in [-0.39, 0.29) is 5.56 Å². The number of halogens is 3. The molecule has 1 aromatic rings. The van der Waals surface area contributed by atoms with E-state index in [9.17, 15) is 8.78 Å². The van der Waals surface area contributed by atoms with Crippen LogP contribution in [0.2, 0.25) is 0 Å². The molecule has 0 bridgehead atoms. The molecule has 1 rings (SSSR count). The van der Waals surface area contributed by atoms with Crippen molar-refractivity contribution in [2.24, 2.45) is 10.9 Å². The van der Waals surface area contributed by atoms with Gasteiger partial charge in [-0.25, -0.2) is 0 Å². The molecule has 0 saturated heterocycles. The first kappa shape index (κ1) is 10.9. The summed E-state index contributed by atoms with van der Waals surface area (Å²) >= 11 is 3.11. The second-order valence-electron chi connectivity index (χ2n) is 2.57. The minimum absolute atomic E-state index is 0.323. The Labute approximate surface area is 87.3 Å². The lowest BCUT2D eigenvalue weighted by Gasteiger charge is -2.14. The first-order chi connectivity index (χ1) is 6.48. The molecule has 0 radical (unpaired) electrons. The Morgan fingerprint density at radius 3 is 2.29 bits per heavy atom. The SMILES string of the molecule is NC(=NO)C(F)(F)c1ccc(Br)cc1. The fourth-order valence-electron chi connectivity index (χ4n) is 0.870. The average Bonchev–Trinajstić information content (AvgIpc) is 2.17. The molecule has 0 heterocycles. The molecule has 0 aromatic heterocycles. The van der Waals surface area contributed by atoms with Crippen molar-refractivity contribution in [3.63, 3.8) is 0 Å². The highest BCUT2D eigenvalue weighted by molar-refractivity contribution is 9.10. The van der Waals surface area contributed by atoms with Gasteiger partial charge in [0.05, 0.1) is 0 Å². The zero-order chi connectivity index (χ0) is 10.8. The molecule has 14 heavy (non-hydrogen) atoms. The summed E-state index contributed by atoms with van der Waals surface area (Å²) in [6.07, 6.45) is 0. The fraction of sp³-hybridized carbons (Fsp3) is 0.125. The van der Waals surface area contributed by atoms with Crippen molar-refractivity contribution in [2.45, 2.75) is 5.92 Å². The van der Waals surface area contributed by atoms with Gasteiger partial charge in [-0.2, -0.15) is 8.78 Å². The van der Waals surface area contributed by atoms with Gasteiger partial charge in [-0.3, -0.25) is 0 Å². The third kappa shape index (κ3) is 2.01. The Hall–Kier alpha value is -1.17. The van der Waals surface area contributed by atoms with Gasteiger partial charge in [-0.15, -0.1) is 0 Å². The van der Waals surface area contributed by atoms with Gasteiger partial charge < -0.3 is 10.9 Å². The van der Waals surface area contributed by atoms with Crippen LogP contribution in [0.5, 0.6) is 0 Å². The molecule has 0 aliphatic rings. The molecule has 3 N–H and O–H groups in total. The molecule has 6 heteroatoms. The maximum atomic E-state index is 13.3. The number of amidine groups is 1. The molecular formula is C8H7BrF2N2O. The predicted octanol–water partition coefficient (Wildman–Crippen LogP) is 2.29. The van der Waals surface area contributed by atoms with Gasteiger partial charge in [0.1, 0.15) is 0 Å². The summed E-state index contributed by atoms with van der Waals surface area (Å²) in [6, 6.07) is 5.30. The largest absolute Gasteiger partial charge is 0.409 e. The Balaban J connectivity index is 3.10. The first-order valence-corrected chi connectivity index (χ1v) is 4.39. The highest BCUT2D eigenvalue weighted by Crippen LogP contribution is 2.28. The van der Waals surface area contributed by atoms with E-state index in [4.69, 9.17) is 10.9 Å². The van der Waals surface area contributed by atoms with Crippen molar-refractivity contribution >= 4 is 21.8 Å². The smallest absolute Gasteiger partial charge is 0.332 e. The summed E-state index contributed by atoms with van der Waals surface area (Å²) in [5.74, 6) is -4.57. The van der Waals surface area contributed by atoms with Gasteiger partial charge >= 0.3 is 5.92 Å². The van der Waals surface area contributed by atoms with E-state index in [0.717, 1.165) is 0 Å². The maximum absolute atomic E-state index is 13.3. The van der Waals surface area contributed by atoms with Crippen LogP contribution >= 0.6 is 15.9 Å². The van der Waals surface area contributed by atoms with Crippen LogP contribution in [-0.4, -0.2) is 11.0 Å². The lowest BCUT2D eigenvalue weighted by molar-refractivity contribution is 0.0699. The first-order valence-electron chi connectivity index (χ1n) is 3.60. The molecule has 0 aliphatic carbocycles. The van der Waals surface area contributed by atoms with Crippen molar-refractivity contribution in [3.8, 4) is 0 Å². The molecule has 1 aromatic carbocycles. The minimum atomic E-state index is -3.45. The molecule has 0 spiro atoms. The number of nitrogens with zero attached hydrogens (tertiary/aromatic N) is 1. The van der Waals surface area contributed by atoms with E-state index in [1.165, 1.54) is 24.3 Å². The van der Waals surface area contributed by atoms with E-state index in [1.54, 1.807) is 0 Å². The standard InChI is InChI=1S/C8H7BrF2N2O/c9-6-3-1-5(2-4-6)8(10,11)7(12)13-14/h1-4,14H,(H2,12,13). The molecule has 0 unspecified atom stereocenters. The summed E-state index contributed by atoms with van der Waals surface area (Å²) in [4.78, 5) is 0. The van der Waals surface area contributed by atoms with Crippen LogP contribution in [0, 0.1) is 0 Å². The van der Waals surface area contributed by atoms with Crippen molar-refractivity contribution < 1.29 is 14.0 Å². The molecule has 0 fully saturated rings. The predicted molar refractivity (Wildman–Crippen MR) is 51.4 cm³/mol. The lowest BCUT2D eigenvalue weighted by atomic mass is 10.1. The van der Waals surface area contributed by atoms with E-state index < -0.39 is 11.8 Å². The molecule has 0 aliphatic heterocycles. The Morgan fingerprint density at radius 1 is 1.36 bits per heavy atom. The van der Waals surface area contributed by atoms with Crippen LogP contribution in [0.25, 0.3) is 0 Å². The topological polar surface area (TPSA) is 58.6 Å². The molecule has 0 atom stereocenters. The number of hydrogen-bond acceptors (Lipinski definition) is 2. The zero-order valence-corrected chi connectivity index (χ0v) is 8.50. The quantitative estimate of drug-likeness (QED) is 0.373. The number of alkyl halides is 2. The Kier molecular flexibility index (Phi) is 3.05. The molecular weight excluding hydrogens is 258 g/mol. The third-order valence-electron chi connectivity index (χ3n) is 1.64. The number of benzene rings is 1. The lowest BCUT2D eigenvalue weighted by Crippen LogP contribution is -2.33. The van der Waals surface area contributed by atoms with Crippen LogP contribution < -0.4 is 5.73 Å².